The Morgan fingerprint density at radius 2 is 1.86 bits per heavy atom. The number of hydrogen-bond acceptors (Lipinski definition) is 3. The first-order chi connectivity index (χ1) is 10.1. The number of benzene rings is 2. The van der Waals surface area contributed by atoms with Crippen molar-refractivity contribution in [2.75, 3.05) is 5.32 Å². The molecule has 0 saturated heterocycles. The standard InChI is InChI=1S/C17H14N2O2/c1-12-6-2-4-8-15(12)19-17(21)14(11-18)10-13-7-3-5-9-16(13)20/h2-10,20H,1H3,(H,19,21)/b14-10-. The number of nitrogens with one attached hydrogen (secondary N) is 1. The van der Waals surface area contributed by atoms with Crippen LogP contribution >= 0.6 is 0 Å². The Morgan fingerprint density at radius 3 is 2.52 bits per heavy atom. The normalized spacial score (nSPS) is 10.8. The minimum absolute atomic E-state index is 0.0222. The van der Waals surface area contributed by atoms with E-state index < -0.39 is 5.91 Å². The van der Waals surface area contributed by atoms with E-state index in [1.807, 2.05) is 25.1 Å². The van der Waals surface area contributed by atoms with E-state index in [9.17, 15) is 9.90 Å². The number of carbonyl (C=O) groups excluding carboxylic acids is 1. The highest BCUT2D eigenvalue weighted by Gasteiger charge is 2.11. The number of aromatic hydroxyl groups is 1. The van der Waals surface area contributed by atoms with E-state index in [0.29, 0.717) is 11.3 Å². The van der Waals surface area contributed by atoms with Crippen LogP contribution in [-0.4, -0.2) is 11.0 Å². The summed E-state index contributed by atoms with van der Waals surface area (Å²) in [6.07, 6.45) is 1.36. The van der Waals surface area contributed by atoms with E-state index in [4.69, 9.17) is 5.26 Å². The lowest BCUT2D eigenvalue weighted by molar-refractivity contribution is -0.112. The number of aryl methyl sites for hydroxylation is 1. The van der Waals surface area contributed by atoms with Gasteiger partial charge in [-0.15, -0.1) is 0 Å². The van der Waals surface area contributed by atoms with E-state index in [-0.39, 0.29) is 11.3 Å². The third kappa shape index (κ3) is 3.48. The first kappa shape index (κ1) is 14.4. The van der Waals surface area contributed by atoms with E-state index in [1.54, 1.807) is 30.3 Å². The van der Waals surface area contributed by atoms with Crippen molar-refractivity contribution in [3.8, 4) is 11.8 Å². The fourth-order valence-corrected chi connectivity index (χ4v) is 1.82. The predicted octanol–water partition coefficient (Wildman–Crippen LogP) is 3.25. The lowest BCUT2D eigenvalue weighted by atomic mass is 10.1. The molecule has 0 spiro atoms. The van der Waals surface area contributed by atoms with Crippen LogP contribution in [-0.2, 0) is 4.79 Å². The van der Waals surface area contributed by atoms with Gasteiger partial charge in [0.25, 0.3) is 5.91 Å². The number of phenols is 1. The molecule has 0 aliphatic carbocycles. The molecule has 4 nitrogen and oxygen atoms in total. The van der Waals surface area contributed by atoms with Gasteiger partial charge in [-0.05, 0) is 30.7 Å². The van der Waals surface area contributed by atoms with Crippen LogP contribution in [0.25, 0.3) is 6.08 Å². The zero-order valence-electron chi connectivity index (χ0n) is 11.5. The number of carbonyl (C=O) groups is 1. The van der Waals surface area contributed by atoms with E-state index in [0.717, 1.165) is 5.56 Å². The summed E-state index contributed by atoms with van der Waals surface area (Å²) in [4.78, 5) is 12.1. The van der Waals surface area contributed by atoms with Crippen LogP contribution in [0.5, 0.6) is 5.75 Å². The predicted molar refractivity (Wildman–Crippen MR) is 81.5 cm³/mol. The molecule has 104 valence electrons. The molecular formula is C17H14N2O2. The van der Waals surface area contributed by atoms with E-state index in [2.05, 4.69) is 5.32 Å². The van der Waals surface area contributed by atoms with Gasteiger partial charge in [-0.1, -0.05) is 36.4 Å². The molecule has 2 N–H and O–H groups in total. The lowest BCUT2D eigenvalue weighted by Crippen LogP contribution is -2.14. The van der Waals surface area contributed by atoms with Gasteiger partial charge in [-0.3, -0.25) is 4.79 Å². The summed E-state index contributed by atoms with van der Waals surface area (Å²) < 4.78 is 0. The molecular weight excluding hydrogens is 264 g/mol. The Hall–Kier alpha value is -3.06. The minimum atomic E-state index is -0.505. The first-order valence-corrected chi connectivity index (χ1v) is 6.38. The number of phenolic OH excluding ortho intramolecular Hbond substituents is 1. The second-order valence-corrected chi connectivity index (χ2v) is 4.50. The maximum absolute atomic E-state index is 12.1. The minimum Gasteiger partial charge on any atom is -0.507 e. The van der Waals surface area contributed by atoms with Gasteiger partial charge in [0, 0.05) is 11.3 Å². The van der Waals surface area contributed by atoms with Gasteiger partial charge in [0.2, 0.25) is 0 Å². The molecule has 0 fully saturated rings. The fourth-order valence-electron chi connectivity index (χ4n) is 1.82. The molecule has 0 atom stereocenters. The lowest BCUT2D eigenvalue weighted by Gasteiger charge is -2.07. The molecule has 0 aromatic heterocycles. The maximum Gasteiger partial charge on any atom is 0.266 e. The van der Waals surface area contributed by atoms with Crippen molar-refractivity contribution in [2.24, 2.45) is 0 Å². The molecule has 0 unspecified atom stereocenters. The fraction of sp³-hybridized carbons (Fsp3) is 0.0588. The Balaban J connectivity index is 2.26. The van der Waals surface area contributed by atoms with Gasteiger partial charge in [0.1, 0.15) is 17.4 Å². The van der Waals surface area contributed by atoms with Crippen molar-refractivity contribution in [3.05, 3.63) is 65.2 Å². The quantitative estimate of drug-likeness (QED) is 0.668. The Bertz CT molecular complexity index is 742. The van der Waals surface area contributed by atoms with Gasteiger partial charge in [0.05, 0.1) is 0 Å². The topological polar surface area (TPSA) is 73.1 Å². The monoisotopic (exact) mass is 278 g/mol. The molecule has 21 heavy (non-hydrogen) atoms. The highest BCUT2D eigenvalue weighted by Crippen LogP contribution is 2.20. The van der Waals surface area contributed by atoms with Gasteiger partial charge >= 0.3 is 0 Å². The van der Waals surface area contributed by atoms with Gasteiger partial charge < -0.3 is 10.4 Å². The van der Waals surface area contributed by atoms with Crippen molar-refractivity contribution in [2.45, 2.75) is 6.92 Å². The van der Waals surface area contributed by atoms with Crippen LogP contribution in [0.4, 0.5) is 5.69 Å². The highest BCUT2D eigenvalue weighted by molar-refractivity contribution is 6.10. The number of nitrogens with zero attached hydrogens (tertiary/aromatic N) is 1. The van der Waals surface area contributed by atoms with Crippen LogP contribution in [0.2, 0.25) is 0 Å². The van der Waals surface area contributed by atoms with Gasteiger partial charge in [-0.2, -0.15) is 5.26 Å². The Labute approximate surface area is 123 Å². The summed E-state index contributed by atoms with van der Waals surface area (Å²) in [5, 5.41) is 21.5. The number of para-hydroxylation sites is 2. The van der Waals surface area contributed by atoms with E-state index in [1.165, 1.54) is 12.1 Å². The van der Waals surface area contributed by atoms with Crippen molar-refractivity contribution in [3.63, 3.8) is 0 Å². The molecule has 2 aromatic carbocycles. The average molecular weight is 278 g/mol. The molecule has 2 aromatic rings. The summed E-state index contributed by atoms with van der Waals surface area (Å²) in [5.74, 6) is -0.482. The second kappa shape index (κ2) is 6.40. The van der Waals surface area contributed by atoms with Crippen molar-refractivity contribution in [1.29, 1.82) is 5.26 Å². The van der Waals surface area contributed by atoms with Crippen LogP contribution < -0.4 is 5.32 Å². The maximum atomic E-state index is 12.1. The third-order valence-corrected chi connectivity index (χ3v) is 2.99. The molecule has 2 rings (SSSR count). The van der Waals surface area contributed by atoms with Gasteiger partial charge in [-0.25, -0.2) is 0 Å². The third-order valence-electron chi connectivity index (χ3n) is 2.99. The van der Waals surface area contributed by atoms with Crippen molar-refractivity contribution in [1.82, 2.24) is 0 Å². The van der Waals surface area contributed by atoms with Crippen molar-refractivity contribution >= 4 is 17.7 Å². The summed E-state index contributed by atoms with van der Waals surface area (Å²) in [6, 6.07) is 15.7. The van der Waals surface area contributed by atoms with Crippen molar-refractivity contribution < 1.29 is 9.90 Å². The Morgan fingerprint density at radius 1 is 1.19 bits per heavy atom. The number of nitriles is 1. The number of hydrogen-bond donors (Lipinski definition) is 2. The second-order valence-electron chi connectivity index (χ2n) is 4.50. The molecule has 0 saturated carbocycles. The smallest absolute Gasteiger partial charge is 0.266 e. The first-order valence-electron chi connectivity index (χ1n) is 6.38. The summed E-state index contributed by atoms with van der Waals surface area (Å²) in [6.45, 7) is 1.87. The summed E-state index contributed by atoms with van der Waals surface area (Å²) in [5.41, 5.74) is 1.92. The number of rotatable bonds is 3. The van der Waals surface area contributed by atoms with Crippen LogP contribution in [0.15, 0.2) is 54.1 Å². The van der Waals surface area contributed by atoms with Crippen LogP contribution in [0, 0.1) is 18.3 Å². The molecule has 0 aliphatic rings. The molecule has 0 heterocycles. The van der Waals surface area contributed by atoms with Gasteiger partial charge in [0.15, 0.2) is 0 Å². The van der Waals surface area contributed by atoms with Crippen LogP contribution in [0.3, 0.4) is 0 Å². The van der Waals surface area contributed by atoms with Crippen LogP contribution in [0.1, 0.15) is 11.1 Å². The highest BCUT2D eigenvalue weighted by atomic mass is 16.3. The molecule has 0 aliphatic heterocycles. The molecule has 4 heteroatoms. The summed E-state index contributed by atoms with van der Waals surface area (Å²) >= 11 is 0. The Kier molecular flexibility index (Phi) is 4.37. The molecule has 0 radical (unpaired) electrons. The summed E-state index contributed by atoms with van der Waals surface area (Å²) in [7, 11) is 0. The average Bonchev–Trinajstić information content (AvgIpc) is 2.48. The number of anilines is 1. The van der Waals surface area contributed by atoms with E-state index >= 15 is 0 Å². The zero-order chi connectivity index (χ0) is 15.2. The number of amides is 1. The molecule has 1 amide bonds. The SMILES string of the molecule is Cc1ccccc1NC(=O)/C(C#N)=C\c1ccccc1O. The zero-order valence-corrected chi connectivity index (χ0v) is 11.5. The molecule has 0 bridgehead atoms. The largest absolute Gasteiger partial charge is 0.507 e.